The van der Waals surface area contributed by atoms with Crippen molar-refractivity contribution in [3.05, 3.63) is 46.2 Å². The Bertz CT molecular complexity index is 949. The molecule has 27 heavy (non-hydrogen) atoms. The number of nitrogens with zero attached hydrogens (tertiary/aromatic N) is 2. The van der Waals surface area contributed by atoms with Crippen molar-refractivity contribution in [3.8, 4) is 0 Å². The van der Waals surface area contributed by atoms with E-state index in [1.54, 1.807) is 11.0 Å². The molecule has 0 aliphatic carbocycles. The van der Waals surface area contributed by atoms with Crippen LogP contribution in [0.4, 0.5) is 18.9 Å². The fourth-order valence-corrected chi connectivity index (χ4v) is 5.33. The lowest BCUT2D eigenvalue weighted by Crippen LogP contribution is -2.48. The van der Waals surface area contributed by atoms with E-state index < -0.39 is 27.7 Å². The third kappa shape index (κ3) is 4.09. The van der Waals surface area contributed by atoms with E-state index in [2.05, 4.69) is 0 Å². The van der Waals surface area contributed by atoms with Crippen molar-refractivity contribution in [3.63, 3.8) is 0 Å². The Labute approximate surface area is 158 Å². The largest absolute Gasteiger partial charge is 0.416 e. The van der Waals surface area contributed by atoms with Crippen molar-refractivity contribution in [1.82, 2.24) is 4.31 Å². The highest BCUT2D eigenvalue weighted by atomic mass is 32.2. The average molecular weight is 419 g/mol. The maximum Gasteiger partial charge on any atom is 0.416 e. The SMILES string of the molecule is NC(=O)c1cc(S(=O)(=O)N2CCN(c3cccc(C(F)(F)F)c3)CC2)cs1. The van der Waals surface area contributed by atoms with Crippen LogP contribution in [0.3, 0.4) is 0 Å². The molecule has 1 aromatic carbocycles. The summed E-state index contributed by atoms with van der Waals surface area (Å²) >= 11 is 0.952. The number of thiophene rings is 1. The third-order valence-electron chi connectivity index (χ3n) is 4.23. The lowest BCUT2D eigenvalue weighted by Gasteiger charge is -2.35. The van der Waals surface area contributed by atoms with Crippen LogP contribution in [-0.4, -0.2) is 44.8 Å². The zero-order valence-electron chi connectivity index (χ0n) is 13.9. The van der Waals surface area contributed by atoms with Crippen molar-refractivity contribution >= 4 is 33.0 Å². The number of sulfonamides is 1. The van der Waals surface area contributed by atoms with Crippen LogP contribution in [0.15, 0.2) is 40.6 Å². The van der Waals surface area contributed by atoms with E-state index >= 15 is 0 Å². The molecule has 0 bridgehead atoms. The first-order chi connectivity index (χ1) is 12.6. The summed E-state index contributed by atoms with van der Waals surface area (Å²) in [4.78, 5) is 13.0. The molecule has 1 amide bonds. The molecular weight excluding hydrogens is 403 g/mol. The molecule has 1 aliphatic rings. The summed E-state index contributed by atoms with van der Waals surface area (Å²) in [5.41, 5.74) is 4.80. The number of nitrogens with two attached hydrogens (primary N) is 1. The van der Waals surface area contributed by atoms with E-state index in [0.29, 0.717) is 5.69 Å². The van der Waals surface area contributed by atoms with E-state index in [9.17, 15) is 26.4 Å². The Hall–Kier alpha value is -2.11. The molecular formula is C16H16F3N3O3S2. The lowest BCUT2D eigenvalue weighted by atomic mass is 10.1. The van der Waals surface area contributed by atoms with Gasteiger partial charge in [0.2, 0.25) is 10.0 Å². The zero-order chi connectivity index (χ0) is 19.8. The van der Waals surface area contributed by atoms with Crippen LogP contribution in [0.1, 0.15) is 15.2 Å². The fourth-order valence-electron chi connectivity index (χ4n) is 2.80. The van der Waals surface area contributed by atoms with Crippen LogP contribution >= 0.6 is 11.3 Å². The molecule has 1 fully saturated rings. The Balaban J connectivity index is 1.72. The predicted octanol–water partition coefficient (Wildman–Crippen LogP) is 2.38. The molecule has 11 heteroatoms. The number of piperazine rings is 1. The Morgan fingerprint density at radius 3 is 2.33 bits per heavy atom. The number of carbonyl (C=O) groups is 1. The first kappa shape index (κ1) is 19.6. The van der Waals surface area contributed by atoms with Crippen molar-refractivity contribution in [1.29, 1.82) is 0 Å². The van der Waals surface area contributed by atoms with Crippen molar-refractivity contribution in [2.45, 2.75) is 11.1 Å². The van der Waals surface area contributed by atoms with Gasteiger partial charge in [0.25, 0.3) is 5.91 Å². The maximum absolute atomic E-state index is 12.9. The molecule has 1 saturated heterocycles. The summed E-state index contributed by atoms with van der Waals surface area (Å²) in [6.07, 6.45) is -4.43. The molecule has 3 rings (SSSR count). The minimum Gasteiger partial charge on any atom is -0.369 e. The van der Waals surface area contributed by atoms with Gasteiger partial charge >= 0.3 is 6.18 Å². The molecule has 0 radical (unpaired) electrons. The second-order valence-electron chi connectivity index (χ2n) is 5.95. The third-order valence-corrected chi connectivity index (χ3v) is 7.20. The molecule has 1 aliphatic heterocycles. The van der Waals surface area contributed by atoms with E-state index in [1.807, 2.05) is 0 Å². The Kier molecular flexibility index (Phi) is 5.19. The first-order valence-corrected chi connectivity index (χ1v) is 10.2. The van der Waals surface area contributed by atoms with Crippen molar-refractivity contribution in [2.24, 2.45) is 5.73 Å². The van der Waals surface area contributed by atoms with Crippen LogP contribution in [0, 0.1) is 0 Å². The second-order valence-corrected chi connectivity index (χ2v) is 8.80. The normalized spacial score (nSPS) is 16.5. The first-order valence-electron chi connectivity index (χ1n) is 7.90. The zero-order valence-corrected chi connectivity index (χ0v) is 15.6. The monoisotopic (exact) mass is 419 g/mol. The summed E-state index contributed by atoms with van der Waals surface area (Å²) < 4.78 is 65.2. The van der Waals surface area contributed by atoms with E-state index in [0.717, 1.165) is 23.5 Å². The van der Waals surface area contributed by atoms with Gasteiger partial charge in [-0.05, 0) is 24.3 Å². The Morgan fingerprint density at radius 2 is 1.78 bits per heavy atom. The minimum atomic E-state index is -4.43. The fraction of sp³-hybridized carbons (Fsp3) is 0.312. The number of primary amides is 1. The average Bonchev–Trinajstić information content (AvgIpc) is 3.12. The number of alkyl halides is 3. The summed E-state index contributed by atoms with van der Waals surface area (Å²) in [5, 5.41) is 1.36. The molecule has 1 aromatic heterocycles. The molecule has 0 atom stereocenters. The predicted molar refractivity (Wildman–Crippen MR) is 95.3 cm³/mol. The Morgan fingerprint density at radius 1 is 1.11 bits per heavy atom. The number of benzene rings is 1. The van der Waals surface area contributed by atoms with Gasteiger partial charge in [0.1, 0.15) is 0 Å². The van der Waals surface area contributed by atoms with Crippen LogP contribution in [0.2, 0.25) is 0 Å². The standard InChI is InChI=1S/C16H16F3N3O3S2/c17-16(18,19)11-2-1-3-12(8-11)21-4-6-22(7-5-21)27(24,25)13-9-14(15(20)23)26-10-13/h1-3,8-10H,4-7H2,(H2,20,23). The van der Waals surface area contributed by atoms with Gasteiger partial charge in [-0.3, -0.25) is 4.79 Å². The summed E-state index contributed by atoms with van der Waals surface area (Å²) in [6, 6.07) is 6.19. The van der Waals surface area contributed by atoms with Gasteiger partial charge in [-0.1, -0.05) is 6.07 Å². The van der Waals surface area contributed by atoms with E-state index in [1.165, 1.54) is 21.8 Å². The molecule has 146 valence electrons. The van der Waals surface area contributed by atoms with Crippen LogP contribution < -0.4 is 10.6 Å². The van der Waals surface area contributed by atoms with Gasteiger partial charge in [-0.15, -0.1) is 11.3 Å². The minimum absolute atomic E-state index is 0.00572. The van der Waals surface area contributed by atoms with Crippen LogP contribution in [-0.2, 0) is 16.2 Å². The molecule has 6 nitrogen and oxygen atoms in total. The van der Waals surface area contributed by atoms with Crippen LogP contribution in [0.5, 0.6) is 0 Å². The highest BCUT2D eigenvalue weighted by Crippen LogP contribution is 2.32. The summed E-state index contributed by atoms with van der Waals surface area (Å²) in [6.45, 7) is 0.765. The molecule has 2 heterocycles. The quantitative estimate of drug-likeness (QED) is 0.825. The topological polar surface area (TPSA) is 83.7 Å². The van der Waals surface area contributed by atoms with E-state index in [4.69, 9.17) is 5.73 Å². The van der Waals surface area contributed by atoms with Gasteiger partial charge in [0.05, 0.1) is 15.3 Å². The number of amides is 1. The summed E-state index contributed by atoms with van der Waals surface area (Å²) in [7, 11) is -3.78. The van der Waals surface area contributed by atoms with Gasteiger partial charge in [-0.25, -0.2) is 8.42 Å². The van der Waals surface area contributed by atoms with Crippen molar-refractivity contribution < 1.29 is 26.4 Å². The number of carbonyl (C=O) groups excluding carboxylic acids is 1. The van der Waals surface area contributed by atoms with Gasteiger partial charge < -0.3 is 10.6 Å². The molecule has 2 aromatic rings. The number of hydrogen-bond donors (Lipinski definition) is 1. The van der Waals surface area contributed by atoms with Gasteiger partial charge in [-0.2, -0.15) is 17.5 Å². The second kappa shape index (κ2) is 7.13. The molecule has 0 spiro atoms. The van der Waals surface area contributed by atoms with Gasteiger partial charge in [0, 0.05) is 37.2 Å². The number of hydrogen-bond acceptors (Lipinski definition) is 5. The molecule has 2 N–H and O–H groups in total. The summed E-state index contributed by atoms with van der Waals surface area (Å²) in [5.74, 6) is -0.698. The highest BCUT2D eigenvalue weighted by Gasteiger charge is 2.32. The lowest BCUT2D eigenvalue weighted by molar-refractivity contribution is -0.137. The smallest absolute Gasteiger partial charge is 0.369 e. The van der Waals surface area contributed by atoms with Crippen LogP contribution in [0.25, 0.3) is 0 Å². The molecule has 0 unspecified atom stereocenters. The number of halogens is 3. The molecule has 0 saturated carbocycles. The van der Waals surface area contributed by atoms with Crippen molar-refractivity contribution in [2.75, 3.05) is 31.1 Å². The van der Waals surface area contributed by atoms with Gasteiger partial charge in [0.15, 0.2) is 0 Å². The number of rotatable bonds is 4. The maximum atomic E-state index is 12.9. The number of anilines is 1. The highest BCUT2D eigenvalue weighted by molar-refractivity contribution is 7.89. The van der Waals surface area contributed by atoms with E-state index in [-0.39, 0.29) is 36.0 Å².